The Balaban J connectivity index is 4.42. The molecule has 0 aromatic rings. The topological polar surface area (TPSA) is 78.9 Å². The molecule has 0 aliphatic carbocycles. The van der Waals surface area contributed by atoms with Gasteiger partial charge in [0.25, 0.3) is 0 Å². The number of unbranched alkanes of at least 4 members (excludes halogenated alkanes) is 30. The number of rotatable bonds is 51. The van der Waals surface area contributed by atoms with Crippen LogP contribution in [0, 0.1) is 0 Å². The standard InChI is InChI=1S/C60H106O6/c1-4-7-10-13-16-19-22-25-28-30-32-35-38-41-44-47-50-53-59(62)65-56-57(55-64-58(61)52-49-46-43-40-37-34-27-24-21-18-15-12-9-6-3)66-60(63)54-51-48-45-42-39-36-33-31-29-26-23-20-17-14-11-8-5-2/h16-17,19-20,25-26,28-29,32,35,57H,4-15,18,21-24,27,30-31,33-34,36-56H2,1-3H3/b19-16+,20-17+,28-25+,29-26+,35-32+/t57-/m1/s1. The molecule has 0 aromatic heterocycles. The smallest absolute Gasteiger partial charge is 0.306 e. The summed E-state index contributed by atoms with van der Waals surface area (Å²) in [6, 6.07) is 0. The minimum atomic E-state index is -0.786. The van der Waals surface area contributed by atoms with Crippen LogP contribution in [0.15, 0.2) is 60.8 Å². The number of carbonyl (C=O) groups is 3. The summed E-state index contributed by atoms with van der Waals surface area (Å²) in [6.45, 7) is 6.58. The van der Waals surface area contributed by atoms with Crippen LogP contribution < -0.4 is 0 Å². The van der Waals surface area contributed by atoms with E-state index in [0.29, 0.717) is 19.3 Å². The van der Waals surface area contributed by atoms with E-state index < -0.39 is 6.10 Å². The van der Waals surface area contributed by atoms with E-state index in [9.17, 15) is 14.4 Å². The highest BCUT2D eigenvalue weighted by molar-refractivity contribution is 5.71. The molecule has 0 saturated heterocycles. The van der Waals surface area contributed by atoms with Crippen LogP contribution in [-0.2, 0) is 28.6 Å². The highest BCUT2D eigenvalue weighted by Gasteiger charge is 2.19. The third-order valence-electron chi connectivity index (χ3n) is 12.2. The quantitative estimate of drug-likeness (QED) is 0.0262. The monoisotopic (exact) mass is 923 g/mol. The maximum Gasteiger partial charge on any atom is 0.306 e. The molecule has 0 spiro atoms. The van der Waals surface area contributed by atoms with Crippen molar-refractivity contribution in [2.24, 2.45) is 0 Å². The zero-order valence-electron chi connectivity index (χ0n) is 43.7. The van der Waals surface area contributed by atoms with Crippen LogP contribution in [0.3, 0.4) is 0 Å². The Kier molecular flexibility index (Phi) is 52.3. The number of hydrogen-bond donors (Lipinski definition) is 0. The molecule has 0 rings (SSSR count). The van der Waals surface area contributed by atoms with Crippen LogP contribution in [0.1, 0.15) is 284 Å². The van der Waals surface area contributed by atoms with Gasteiger partial charge in [0.05, 0.1) is 0 Å². The Hall–Kier alpha value is -2.89. The molecule has 382 valence electrons. The lowest BCUT2D eigenvalue weighted by Gasteiger charge is -2.18. The largest absolute Gasteiger partial charge is 0.462 e. The lowest BCUT2D eigenvalue weighted by atomic mass is 10.0. The zero-order valence-corrected chi connectivity index (χ0v) is 43.7. The molecule has 0 amide bonds. The van der Waals surface area contributed by atoms with Crippen LogP contribution in [0.2, 0.25) is 0 Å². The van der Waals surface area contributed by atoms with Crippen molar-refractivity contribution in [2.45, 2.75) is 290 Å². The molecule has 0 bridgehead atoms. The maximum absolute atomic E-state index is 12.8. The van der Waals surface area contributed by atoms with Crippen molar-refractivity contribution in [3.05, 3.63) is 60.8 Å². The van der Waals surface area contributed by atoms with E-state index in [4.69, 9.17) is 14.2 Å². The van der Waals surface area contributed by atoms with Gasteiger partial charge < -0.3 is 14.2 Å². The van der Waals surface area contributed by atoms with E-state index in [0.717, 1.165) is 96.3 Å². The molecule has 0 N–H and O–H groups in total. The number of esters is 3. The van der Waals surface area contributed by atoms with Crippen molar-refractivity contribution in [3.8, 4) is 0 Å². The molecule has 0 unspecified atom stereocenters. The van der Waals surface area contributed by atoms with Gasteiger partial charge in [0.2, 0.25) is 0 Å². The zero-order chi connectivity index (χ0) is 47.9. The second-order valence-corrected chi connectivity index (χ2v) is 18.8. The first-order valence-electron chi connectivity index (χ1n) is 28.3. The molecular weight excluding hydrogens is 817 g/mol. The first-order valence-corrected chi connectivity index (χ1v) is 28.3. The summed E-state index contributed by atoms with van der Waals surface area (Å²) in [5.74, 6) is -0.902. The fraction of sp³-hybridized carbons (Fsp3) is 0.783. The summed E-state index contributed by atoms with van der Waals surface area (Å²) in [5.41, 5.74) is 0. The van der Waals surface area contributed by atoms with Gasteiger partial charge in [-0.15, -0.1) is 0 Å². The Morgan fingerprint density at radius 3 is 0.879 bits per heavy atom. The minimum Gasteiger partial charge on any atom is -0.462 e. The van der Waals surface area contributed by atoms with Crippen LogP contribution in [-0.4, -0.2) is 37.2 Å². The first kappa shape index (κ1) is 63.1. The molecule has 0 heterocycles. The Labute approximate surface area is 409 Å². The van der Waals surface area contributed by atoms with Crippen LogP contribution in [0.5, 0.6) is 0 Å². The summed E-state index contributed by atoms with van der Waals surface area (Å²) in [7, 11) is 0. The van der Waals surface area contributed by atoms with E-state index in [2.05, 4.69) is 81.5 Å². The SMILES string of the molecule is CCCCC/C=C/C/C=C/C/C=C/CCCCCCC(=O)OC[C@@H](COC(=O)CCCCCCCCCCCCCCCC)OC(=O)CCCCCCCCC/C=C/C/C=C/CCCCC. The second-order valence-electron chi connectivity index (χ2n) is 18.8. The first-order chi connectivity index (χ1) is 32.5. The molecule has 6 nitrogen and oxygen atoms in total. The summed E-state index contributed by atoms with van der Waals surface area (Å²) in [5, 5.41) is 0. The van der Waals surface area contributed by atoms with E-state index in [-0.39, 0.29) is 31.1 Å². The van der Waals surface area contributed by atoms with Crippen LogP contribution in [0.25, 0.3) is 0 Å². The van der Waals surface area contributed by atoms with Gasteiger partial charge in [-0.1, -0.05) is 236 Å². The Morgan fingerprint density at radius 1 is 0.303 bits per heavy atom. The summed E-state index contributed by atoms with van der Waals surface area (Å²) < 4.78 is 16.8. The number of hydrogen-bond acceptors (Lipinski definition) is 6. The summed E-state index contributed by atoms with van der Waals surface area (Å²) in [4.78, 5) is 38.1. The second kappa shape index (κ2) is 54.7. The summed E-state index contributed by atoms with van der Waals surface area (Å²) >= 11 is 0. The van der Waals surface area contributed by atoms with Crippen LogP contribution in [0.4, 0.5) is 0 Å². The number of allylic oxidation sites excluding steroid dienone is 10. The maximum atomic E-state index is 12.8. The molecule has 0 radical (unpaired) electrons. The normalized spacial score (nSPS) is 12.5. The van der Waals surface area contributed by atoms with Crippen molar-refractivity contribution in [2.75, 3.05) is 13.2 Å². The van der Waals surface area contributed by atoms with Crippen molar-refractivity contribution < 1.29 is 28.6 Å². The predicted molar refractivity (Wildman–Crippen MR) is 284 cm³/mol. The number of ether oxygens (including phenoxy) is 3. The molecule has 0 saturated carbocycles. The summed E-state index contributed by atoms with van der Waals surface area (Å²) in [6.07, 6.45) is 67.7. The van der Waals surface area contributed by atoms with Gasteiger partial charge in [-0.2, -0.15) is 0 Å². The Morgan fingerprint density at radius 2 is 0.545 bits per heavy atom. The van der Waals surface area contributed by atoms with Crippen molar-refractivity contribution in [1.82, 2.24) is 0 Å². The highest BCUT2D eigenvalue weighted by Crippen LogP contribution is 2.15. The average molecular weight is 924 g/mol. The van der Waals surface area contributed by atoms with E-state index in [1.54, 1.807) is 0 Å². The lowest BCUT2D eigenvalue weighted by Crippen LogP contribution is -2.30. The lowest BCUT2D eigenvalue weighted by molar-refractivity contribution is -0.167. The van der Waals surface area contributed by atoms with Gasteiger partial charge >= 0.3 is 17.9 Å². The van der Waals surface area contributed by atoms with Gasteiger partial charge in [0, 0.05) is 19.3 Å². The van der Waals surface area contributed by atoms with Gasteiger partial charge in [0.1, 0.15) is 13.2 Å². The van der Waals surface area contributed by atoms with E-state index >= 15 is 0 Å². The minimum absolute atomic E-state index is 0.0825. The van der Waals surface area contributed by atoms with Crippen molar-refractivity contribution in [1.29, 1.82) is 0 Å². The van der Waals surface area contributed by atoms with Gasteiger partial charge in [-0.05, 0) is 89.9 Å². The van der Waals surface area contributed by atoms with Gasteiger partial charge in [-0.25, -0.2) is 0 Å². The molecule has 1 atom stereocenters. The Bertz CT molecular complexity index is 1200. The molecule has 0 fully saturated rings. The van der Waals surface area contributed by atoms with Gasteiger partial charge in [0.15, 0.2) is 6.10 Å². The number of carbonyl (C=O) groups excluding carboxylic acids is 3. The predicted octanol–water partition coefficient (Wildman–Crippen LogP) is 18.8. The highest BCUT2D eigenvalue weighted by atomic mass is 16.6. The van der Waals surface area contributed by atoms with Crippen molar-refractivity contribution >= 4 is 17.9 Å². The molecule has 0 aliphatic heterocycles. The van der Waals surface area contributed by atoms with E-state index in [1.807, 2.05) is 0 Å². The third-order valence-corrected chi connectivity index (χ3v) is 12.2. The third kappa shape index (κ3) is 52.1. The fourth-order valence-corrected chi connectivity index (χ4v) is 7.95. The molecule has 66 heavy (non-hydrogen) atoms. The van der Waals surface area contributed by atoms with E-state index in [1.165, 1.54) is 148 Å². The molecule has 0 aromatic carbocycles. The molecular formula is C60H106O6. The van der Waals surface area contributed by atoms with Gasteiger partial charge in [-0.3, -0.25) is 14.4 Å². The average Bonchev–Trinajstić information content (AvgIpc) is 3.31. The van der Waals surface area contributed by atoms with Crippen LogP contribution >= 0.6 is 0 Å². The molecule has 6 heteroatoms. The fourth-order valence-electron chi connectivity index (χ4n) is 7.95. The van der Waals surface area contributed by atoms with Crippen molar-refractivity contribution in [3.63, 3.8) is 0 Å². The molecule has 0 aliphatic rings.